The maximum Gasteiger partial charge on any atom is 0.226 e. The summed E-state index contributed by atoms with van der Waals surface area (Å²) in [6.07, 6.45) is 5.22. The van der Waals surface area contributed by atoms with Crippen LogP contribution in [-0.4, -0.2) is 9.97 Å². The third-order valence-corrected chi connectivity index (χ3v) is 2.77. The van der Waals surface area contributed by atoms with Crippen LogP contribution in [0.1, 0.15) is 5.56 Å². The summed E-state index contributed by atoms with van der Waals surface area (Å²) in [5, 5.41) is 0. The second-order valence-corrected chi connectivity index (χ2v) is 4.13. The SMILES string of the molecule is Cc1ccc(-c2ncc(-c3ccncc3)o2)cc1. The summed E-state index contributed by atoms with van der Waals surface area (Å²) in [5.74, 6) is 1.40. The minimum Gasteiger partial charge on any atom is -0.436 e. The third kappa shape index (κ3) is 2.02. The van der Waals surface area contributed by atoms with Gasteiger partial charge in [-0.05, 0) is 31.2 Å². The summed E-state index contributed by atoms with van der Waals surface area (Å²) < 4.78 is 5.76. The molecular formula is C15H12N2O. The van der Waals surface area contributed by atoms with Gasteiger partial charge in [0.15, 0.2) is 5.76 Å². The van der Waals surface area contributed by atoms with Gasteiger partial charge in [-0.2, -0.15) is 0 Å². The van der Waals surface area contributed by atoms with Gasteiger partial charge in [-0.25, -0.2) is 4.98 Å². The van der Waals surface area contributed by atoms with Gasteiger partial charge >= 0.3 is 0 Å². The number of nitrogens with zero attached hydrogens (tertiary/aromatic N) is 2. The van der Waals surface area contributed by atoms with Gasteiger partial charge < -0.3 is 4.42 Å². The van der Waals surface area contributed by atoms with Gasteiger partial charge in [0, 0.05) is 23.5 Å². The first-order chi connectivity index (χ1) is 8.83. The minimum absolute atomic E-state index is 0.641. The van der Waals surface area contributed by atoms with Crippen molar-refractivity contribution in [3.8, 4) is 22.8 Å². The second-order valence-electron chi connectivity index (χ2n) is 4.13. The normalized spacial score (nSPS) is 10.5. The Kier molecular flexibility index (Phi) is 2.65. The molecule has 2 heterocycles. The van der Waals surface area contributed by atoms with Crippen LogP contribution in [0.15, 0.2) is 59.4 Å². The molecular weight excluding hydrogens is 224 g/mol. The molecule has 0 saturated carbocycles. The van der Waals surface area contributed by atoms with Crippen LogP contribution in [0.4, 0.5) is 0 Å². The van der Waals surface area contributed by atoms with Crippen LogP contribution < -0.4 is 0 Å². The maximum atomic E-state index is 5.76. The molecule has 0 amide bonds. The monoisotopic (exact) mass is 236 g/mol. The molecule has 0 unspecified atom stereocenters. The molecule has 18 heavy (non-hydrogen) atoms. The zero-order chi connectivity index (χ0) is 12.4. The molecule has 3 nitrogen and oxygen atoms in total. The largest absolute Gasteiger partial charge is 0.436 e. The number of oxazole rings is 1. The smallest absolute Gasteiger partial charge is 0.226 e. The van der Waals surface area contributed by atoms with Crippen molar-refractivity contribution in [2.24, 2.45) is 0 Å². The van der Waals surface area contributed by atoms with Gasteiger partial charge in [0.1, 0.15) is 0 Å². The fourth-order valence-electron chi connectivity index (χ4n) is 1.75. The molecule has 0 aliphatic heterocycles. The van der Waals surface area contributed by atoms with Crippen molar-refractivity contribution >= 4 is 0 Å². The van der Waals surface area contributed by atoms with Gasteiger partial charge in [-0.15, -0.1) is 0 Å². The Morgan fingerprint density at radius 3 is 2.33 bits per heavy atom. The Labute approximate surface area is 105 Å². The number of hydrogen-bond donors (Lipinski definition) is 0. The average Bonchev–Trinajstić information content (AvgIpc) is 2.90. The second kappa shape index (κ2) is 4.45. The van der Waals surface area contributed by atoms with E-state index in [9.17, 15) is 0 Å². The number of pyridine rings is 1. The minimum atomic E-state index is 0.641. The molecule has 3 heteroatoms. The van der Waals surface area contributed by atoms with Crippen LogP contribution in [0.5, 0.6) is 0 Å². The molecule has 1 aromatic carbocycles. The summed E-state index contributed by atoms with van der Waals surface area (Å²) in [5.41, 5.74) is 3.19. The molecule has 2 aromatic heterocycles. The number of hydrogen-bond acceptors (Lipinski definition) is 3. The lowest BCUT2D eigenvalue weighted by Gasteiger charge is -1.97. The van der Waals surface area contributed by atoms with E-state index in [-0.39, 0.29) is 0 Å². The molecule has 0 saturated heterocycles. The van der Waals surface area contributed by atoms with Crippen molar-refractivity contribution in [1.29, 1.82) is 0 Å². The molecule has 0 N–H and O–H groups in total. The Balaban J connectivity index is 1.97. The van der Waals surface area contributed by atoms with E-state index in [1.807, 2.05) is 36.4 Å². The highest BCUT2D eigenvalue weighted by atomic mass is 16.4. The zero-order valence-corrected chi connectivity index (χ0v) is 10.00. The molecule has 0 aliphatic carbocycles. The Bertz CT molecular complexity index is 642. The molecule has 3 aromatic rings. The summed E-state index contributed by atoms with van der Waals surface area (Å²) in [6.45, 7) is 2.06. The number of aryl methyl sites for hydroxylation is 1. The Morgan fingerprint density at radius 2 is 1.61 bits per heavy atom. The first kappa shape index (κ1) is 10.7. The van der Waals surface area contributed by atoms with Crippen molar-refractivity contribution < 1.29 is 4.42 Å². The predicted molar refractivity (Wildman–Crippen MR) is 69.9 cm³/mol. The quantitative estimate of drug-likeness (QED) is 0.680. The summed E-state index contributed by atoms with van der Waals surface area (Å²) in [7, 11) is 0. The summed E-state index contributed by atoms with van der Waals surface area (Å²) >= 11 is 0. The lowest BCUT2D eigenvalue weighted by atomic mass is 10.1. The average molecular weight is 236 g/mol. The van der Waals surface area contributed by atoms with Crippen LogP contribution in [0.2, 0.25) is 0 Å². The van der Waals surface area contributed by atoms with E-state index >= 15 is 0 Å². The van der Waals surface area contributed by atoms with Gasteiger partial charge in [-0.3, -0.25) is 4.98 Å². The predicted octanol–water partition coefficient (Wildman–Crippen LogP) is 3.71. The van der Waals surface area contributed by atoms with Crippen LogP contribution >= 0.6 is 0 Å². The van der Waals surface area contributed by atoms with Crippen LogP contribution in [-0.2, 0) is 0 Å². The summed E-state index contributed by atoms with van der Waals surface area (Å²) in [4.78, 5) is 8.29. The van der Waals surface area contributed by atoms with Crippen LogP contribution in [0, 0.1) is 6.92 Å². The van der Waals surface area contributed by atoms with E-state index in [0.717, 1.165) is 16.9 Å². The molecule has 0 radical (unpaired) electrons. The molecule has 3 rings (SSSR count). The Morgan fingerprint density at radius 1 is 0.889 bits per heavy atom. The van der Waals surface area contributed by atoms with Gasteiger partial charge in [0.2, 0.25) is 5.89 Å². The molecule has 0 aliphatic rings. The fourth-order valence-corrected chi connectivity index (χ4v) is 1.75. The highest BCUT2D eigenvalue weighted by molar-refractivity contribution is 5.60. The summed E-state index contributed by atoms with van der Waals surface area (Å²) in [6, 6.07) is 11.9. The number of aromatic nitrogens is 2. The van der Waals surface area contributed by atoms with E-state index in [2.05, 4.69) is 16.9 Å². The maximum absolute atomic E-state index is 5.76. The lowest BCUT2D eigenvalue weighted by Crippen LogP contribution is -1.77. The Hall–Kier alpha value is -2.42. The number of benzene rings is 1. The molecule has 0 fully saturated rings. The third-order valence-electron chi connectivity index (χ3n) is 2.77. The standard InChI is InChI=1S/C15H12N2O/c1-11-2-4-13(5-3-11)15-17-10-14(18-15)12-6-8-16-9-7-12/h2-10H,1H3. The van der Waals surface area contributed by atoms with Gasteiger partial charge in [0.25, 0.3) is 0 Å². The highest BCUT2D eigenvalue weighted by Crippen LogP contribution is 2.25. The highest BCUT2D eigenvalue weighted by Gasteiger charge is 2.07. The van der Waals surface area contributed by atoms with E-state index < -0.39 is 0 Å². The number of rotatable bonds is 2. The van der Waals surface area contributed by atoms with Crippen molar-refractivity contribution in [2.45, 2.75) is 6.92 Å². The molecule has 0 spiro atoms. The van der Waals surface area contributed by atoms with Gasteiger partial charge in [-0.1, -0.05) is 17.7 Å². The molecule has 0 bridgehead atoms. The first-order valence-electron chi connectivity index (χ1n) is 5.76. The van der Waals surface area contributed by atoms with Crippen LogP contribution in [0.25, 0.3) is 22.8 Å². The van der Waals surface area contributed by atoms with E-state index in [4.69, 9.17) is 4.42 Å². The molecule has 0 atom stereocenters. The van der Waals surface area contributed by atoms with Gasteiger partial charge in [0.05, 0.1) is 6.20 Å². The topological polar surface area (TPSA) is 38.9 Å². The van der Waals surface area contributed by atoms with Crippen LogP contribution in [0.3, 0.4) is 0 Å². The van der Waals surface area contributed by atoms with Crippen molar-refractivity contribution in [1.82, 2.24) is 9.97 Å². The zero-order valence-electron chi connectivity index (χ0n) is 10.00. The van der Waals surface area contributed by atoms with E-state index in [1.54, 1.807) is 18.6 Å². The van der Waals surface area contributed by atoms with Crippen molar-refractivity contribution in [3.05, 3.63) is 60.6 Å². The van der Waals surface area contributed by atoms with Crippen molar-refractivity contribution in [2.75, 3.05) is 0 Å². The first-order valence-corrected chi connectivity index (χ1v) is 5.76. The lowest BCUT2D eigenvalue weighted by molar-refractivity contribution is 0.589. The van der Waals surface area contributed by atoms with E-state index in [1.165, 1.54) is 5.56 Å². The van der Waals surface area contributed by atoms with E-state index in [0.29, 0.717) is 5.89 Å². The molecule has 88 valence electrons. The fraction of sp³-hybridized carbons (Fsp3) is 0.0667. The van der Waals surface area contributed by atoms with Crippen molar-refractivity contribution in [3.63, 3.8) is 0 Å².